The van der Waals surface area contributed by atoms with Crippen molar-refractivity contribution >= 4 is 6.03 Å². The Labute approximate surface area is 145 Å². The van der Waals surface area contributed by atoms with Crippen LogP contribution in [0, 0.1) is 11.8 Å². The molecule has 2 rings (SSSR count). The fourth-order valence-electron chi connectivity index (χ4n) is 2.45. The summed E-state index contributed by atoms with van der Waals surface area (Å²) in [6, 6.07) is 2.17. The van der Waals surface area contributed by atoms with Crippen LogP contribution in [-0.4, -0.2) is 36.5 Å². The van der Waals surface area contributed by atoms with E-state index in [1.54, 1.807) is 0 Å². The second kappa shape index (κ2) is 8.00. The molecule has 1 fully saturated rings. The van der Waals surface area contributed by atoms with Crippen molar-refractivity contribution in [2.75, 3.05) is 13.2 Å². The maximum Gasteiger partial charge on any atom is 0.422 e. The maximum atomic E-state index is 12.4. The molecule has 1 aliphatic rings. The van der Waals surface area contributed by atoms with E-state index in [1.807, 2.05) is 0 Å². The van der Waals surface area contributed by atoms with Crippen LogP contribution in [0.15, 0.2) is 18.3 Å². The summed E-state index contributed by atoms with van der Waals surface area (Å²) in [5.74, 6) is -1.74. The molecule has 26 heavy (non-hydrogen) atoms. The Morgan fingerprint density at radius 2 is 1.88 bits per heavy atom. The van der Waals surface area contributed by atoms with Crippen LogP contribution in [0.1, 0.15) is 18.4 Å². The summed E-state index contributed by atoms with van der Waals surface area (Å²) in [7, 11) is 0. The van der Waals surface area contributed by atoms with Gasteiger partial charge in [-0.3, -0.25) is 0 Å². The molecule has 1 aromatic rings. The highest BCUT2D eigenvalue weighted by Crippen LogP contribution is 2.44. The van der Waals surface area contributed by atoms with Crippen molar-refractivity contribution < 1.29 is 35.9 Å². The number of carbonyl (C=O) groups is 1. The number of halogens is 6. The molecule has 0 unspecified atom stereocenters. The molecule has 11 heteroatoms. The van der Waals surface area contributed by atoms with Crippen LogP contribution >= 0.6 is 0 Å². The van der Waals surface area contributed by atoms with Gasteiger partial charge in [-0.2, -0.15) is 26.3 Å². The van der Waals surface area contributed by atoms with Crippen LogP contribution in [0.2, 0.25) is 0 Å². The summed E-state index contributed by atoms with van der Waals surface area (Å²) in [6.07, 6.45) is -7.44. The molecular formula is C15H17F6N3O2. The van der Waals surface area contributed by atoms with E-state index >= 15 is 0 Å². The van der Waals surface area contributed by atoms with Crippen molar-refractivity contribution in [3.63, 3.8) is 0 Å². The first-order chi connectivity index (χ1) is 12.0. The van der Waals surface area contributed by atoms with Crippen molar-refractivity contribution in [3.8, 4) is 5.88 Å². The summed E-state index contributed by atoms with van der Waals surface area (Å²) in [4.78, 5) is 15.3. The summed E-state index contributed by atoms with van der Waals surface area (Å²) in [5, 5.41) is 4.94. The van der Waals surface area contributed by atoms with Crippen molar-refractivity contribution in [2.24, 2.45) is 11.8 Å². The number of rotatable bonds is 6. The lowest BCUT2D eigenvalue weighted by Crippen LogP contribution is -2.44. The first-order valence-corrected chi connectivity index (χ1v) is 7.76. The first kappa shape index (κ1) is 20.1. The van der Waals surface area contributed by atoms with Gasteiger partial charge in [-0.05, 0) is 30.4 Å². The molecule has 0 spiro atoms. The first-order valence-electron chi connectivity index (χ1n) is 7.76. The zero-order chi connectivity index (χ0) is 19.4. The largest absolute Gasteiger partial charge is 0.468 e. The van der Waals surface area contributed by atoms with Crippen LogP contribution in [0.25, 0.3) is 0 Å². The number of alkyl halides is 6. The molecule has 0 atom stereocenters. The van der Waals surface area contributed by atoms with E-state index in [4.69, 9.17) is 0 Å². The molecule has 0 aromatic carbocycles. The van der Waals surface area contributed by atoms with E-state index in [9.17, 15) is 31.1 Å². The summed E-state index contributed by atoms with van der Waals surface area (Å²) >= 11 is 0. The maximum absolute atomic E-state index is 12.4. The molecule has 5 nitrogen and oxygen atoms in total. The highest BCUT2D eigenvalue weighted by Gasteiger charge is 2.47. The number of hydrogen-bond acceptors (Lipinski definition) is 3. The van der Waals surface area contributed by atoms with E-state index in [0.717, 1.165) is 0 Å². The van der Waals surface area contributed by atoms with Crippen LogP contribution in [0.5, 0.6) is 5.88 Å². The van der Waals surface area contributed by atoms with Crippen LogP contribution in [0.3, 0.4) is 0 Å². The van der Waals surface area contributed by atoms with Gasteiger partial charge in [-0.15, -0.1) is 0 Å². The lowest BCUT2D eigenvalue weighted by molar-refractivity contribution is -0.203. The molecule has 1 heterocycles. The van der Waals surface area contributed by atoms with Gasteiger partial charge < -0.3 is 15.4 Å². The molecule has 0 radical (unpaired) electrons. The van der Waals surface area contributed by atoms with Crippen molar-refractivity contribution in [1.29, 1.82) is 0 Å². The van der Waals surface area contributed by atoms with Crippen LogP contribution in [0.4, 0.5) is 31.1 Å². The number of ether oxygens (including phenoxy) is 1. The van der Waals surface area contributed by atoms with Gasteiger partial charge in [0.05, 0.1) is 5.92 Å². The molecule has 1 aromatic heterocycles. The van der Waals surface area contributed by atoms with E-state index in [2.05, 4.69) is 20.4 Å². The molecular weight excluding hydrogens is 368 g/mol. The lowest BCUT2D eigenvalue weighted by atomic mass is 9.74. The van der Waals surface area contributed by atoms with Gasteiger partial charge >= 0.3 is 18.4 Å². The lowest BCUT2D eigenvalue weighted by Gasteiger charge is -2.36. The number of urea groups is 1. The fraction of sp³-hybridized carbons (Fsp3) is 0.600. The highest BCUT2D eigenvalue weighted by atomic mass is 19.4. The molecule has 2 N–H and O–H groups in total. The molecule has 146 valence electrons. The van der Waals surface area contributed by atoms with Gasteiger partial charge in [0.15, 0.2) is 6.61 Å². The standard InChI is InChI=1S/C15H17F6N3O2/c16-14(17,18)8-26-12-5-9(1-2-22-12)6-23-13(25)24-7-10-3-11(4-10)15(19,20)21/h1-2,5,10-11H,3-4,6-8H2,(H2,23,24,25). The Bertz CT molecular complexity index is 614. The minimum absolute atomic E-state index is 0.00591. The van der Waals surface area contributed by atoms with Crippen molar-refractivity contribution in [2.45, 2.75) is 31.7 Å². The second-order valence-electron chi connectivity index (χ2n) is 6.05. The Morgan fingerprint density at radius 3 is 2.50 bits per heavy atom. The predicted octanol–water partition coefficient (Wildman–Crippen LogP) is 3.41. The smallest absolute Gasteiger partial charge is 0.422 e. The third-order valence-electron chi connectivity index (χ3n) is 3.89. The minimum Gasteiger partial charge on any atom is -0.468 e. The third kappa shape index (κ3) is 6.60. The Hall–Kier alpha value is -2.20. The van der Waals surface area contributed by atoms with Crippen LogP contribution in [-0.2, 0) is 6.54 Å². The van der Waals surface area contributed by atoms with Gasteiger partial charge in [0.2, 0.25) is 5.88 Å². The van der Waals surface area contributed by atoms with E-state index in [-0.39, 0.29) is 37.7 Å². The minimum atomic E-state index is -4.48. The van der Waals surface area contributed by atoms with E-state index in [1.165, 1.54) is 18.3 Å². The molecule has 1 aliphatic carbocycles. The Balaban J connectivity index is 1.68. The fourth-order valence-corrected chi connectivity index (χ4v) is 2.45. The summed E-state index contributed by atoms with van der Waals surface area (Å²) in [5.41, 5.74) is 0.466. The van der Waals surface area contributed by atoms with Crippen LogP contribution < -0.4 is 15.4 Å². The second-order valence-corrected chi connectivity index (χ2v) is 6.05. The number of nitrogens with one attached hydrogen (secondary N) is 2. The average molecular weight is 385 g/mol. The highest BCUT2D eigenvalue weighted by molar-refractivity contribution is 5.73. The molecule has 1 saturated carbocycles. The monoisotopic (exact) mass is 385 g/mol. The zero-order valence-corrected chi connectivity index (χ0v) is 13.5. The quantitative estimate of drug-likeness (QED) is 0.738. The Morgan fingerprint density at radius 1 is 1.19 bits per heavy atom. The topological polar surface area (TPSA) is 63.2 Å². The number of aromatic nitrogens is 1. The van der Waals surface area contributed by atoms with Crippen molar-refractivity contribution in [1.82, 2.24) is 15.6 Å². The summed E-state index contributed by atoms with van der Waals surface area (Å²) in [6.45, 7) is -1.33. The van der Waals surface area contributed by atoms with Gasteiger partial charge in [0.1, 0.15) is 0 Å². The number of pyridine rings is 1. The summed E-state index contributed by atoms with van der Waals surface area (Å²) < 4.78 is 77.8. The average Bonchev–Trinajstić information content (AvgIpc) is 2.48. The third-order valence-corrected chi connectivity index (χ3v) is 3.89. The SMILES string of the molecule is O=C(NCc1ccnc(OCC(F)(F)F)c1)NCC1CC(C(F)(F)F)C1. The molecule has 0 bridgehead atoms. The van der Waals surface area contributed by atoms with Gasteiger partial charge in [0.25, 0.3) is 0 Å². The number of nitrogens with zero attached hydrogens (tertiary/aromatic N) is 1. The normalized spacial score (nSPS) is 20.2. The van der Waals surface area contributed by atoms with E-state index in [0.29, 0.717) is 5.56 Å². The van der Waals surface area contributed by atoms with Gasteiger partial charge in [-0.25, -0.2) is 9.78 Å². The zero-order valence-electron chi connectivity index (χ0n) is 13.5. The van der Waals surface area contributed by atoms with Gasteiger partial charge in [-0.1, -0.05) is 0 Å². The van der Waals surface area contributed by atoms with Crippen molar-refractivity contribution in [3.05, 3.63) is 23.9 Å². The number of carbonyl (C=O) groups excluding carboxylic acids is 1. The van der Waals surface area contributed by atoms with Gasteiger partial charge in [0, 0.05) is 25.4 Å². The molecule has 0 aliphatic heterocycles. The number of hydrogen-bond donors (Lipinski definition) is 2. The number of amides is 2. The molecule has 2 amide bonds. The van der Waals surface area contributed by atoms with E-state index < -0.39 is 30.9 Å². The molecule has 0 saturated heterocycles. The predicted molar refractivity (Wildman–Crippen MR) is 78.3 cm³/mol. The Kier molecular flexibility index (Phi) is 6.19.